The van der Waals surface area contributed by atoms with Crippen molar-refractivity contribution in [3.63, 3.8) is 0 Å². The number of methoxy groups -OCH3 is 4. The van der Waals surface area contributed by atoms with E-state index in [0.29, 0.717) is 0 Å². The minimum absolute atomic E-state index is 0.0472. The molecule has 1 rings (SSSR count). The van der Waals surface area contributed by atoms with Crippen LogP contribution < -0.4 is 0 Å². The molecular weight excluding hydrogens is 356 g/mol. The standard InChI is InChI=1S/C18H32O7Si/c1-17(2,3)26(8,9)25-18(24-7)11-13(16(20)23-6)12(15(19)22-5)10-14(18)21-4/h14H,10-11H2,1-9H3. The zero-order valence-corrected chi connectivity index (χ0v) is 18.3. The SMILES string of the molecule is COC(=O)C1=C(C(=O)OC)CC(OC)(O[Si](C)(C)C(C)(C)C)C(OC)C1. The van der Waals surface area contributed by atoms with Crippen molar-refractivity contribution in [3.05, 3.63) is 11.1 Å². The maximum atomic E-state index is 12.3. The fourth-order valence-electron chi connectivity index (χ4n) is 2.77. The predicted molar refractivity (Wildman–Crippen MR) is 99.1 cm³/mol. The minimum Gasteiger partial charge on any atom is -0.466 e. The van der Waals surface area contributed by atoms with Gasteiger partial charge in [-0.3, -0.25) is 0 Å². The normalized spacial score (nSPS) is 24.4. The van der Waals surface area contributed by atoms with Crippen molar-refractivity contribution in [2.75, 3.05) is 28.4 Å². The molecule has 1 aliphatic carbocycles. The molecule has 1 aliphatic rings. The topological polar surface area (TPSA) is 80.3 Å². The van der Waals surface area contributed by atoms with Gasteiger partial charge in [0.2, 0.25) is 0 Å². The van der Waals surface area contributed by atoms with Crippen LogP contribution in [0.4, 0.5) is 0 Å². The molecule has 7 nitrogen and oxygen atoms in total. The zero-order valence-electron chi connectivity index (χ0n) is 17.3. The molecule has 0 N–H and O–H groups in total. The highest BCUT2D eigenvalue weighted by molar-refractivity contribution is 6.74. The van der Waals surface area contributed by atoms with Crippen molar-refractivity contribution in [2.24, 2.45) is 0 Å². The molecule has 0 aromatic heterocycles. The van der Waals surface area contributed by atoms with E-state index in [1.807, 2.05) is 0 Å². The first-order valence-electron chi connectivity index (χ1n) is 8.56. The molecule has 0 spiro atoms. The van der Waals surface area contributed by atoms with Crippen molar-refractivity contribution < 1.29 is 33.0 Å². The van der Waals surface area contributed by atoms with Crippen LogP contribution in [-0.2, 0) is 33.0 Å². The van der Waals surface area contributed by atoms with Gasteiger partial charge in [-0.15, -0.1) is 0 Å². The Bertz CT molecular complexity index is 577. The van der Waals surface area contributed by atoms with E-state index in [-0.39, 0.29) is 29.0 Å². The van der Waals surface area contributed by atoms with Crippen molar-refractivity contribution in [1.82, 2.24) is 0 Å². The van der Waals surface area contributed by atoms with E-state index in [4.69, 9.17) is 23.4 Å². The smallest absolute Gasteiger partial charge is 0.334 e. The lowest BCUT2D eigenvalue weighted by molar-refractivity contribution is -0.241. The Hall–Kier alpha value is -1.22. The van der Waals surface area contributed by atoms with Crippen LogP contribution in [0, 0.1) is 0 Å². The summed E-state index contributed by atoms with van der Waals surface area (Å²) < 4.78 is 27.7. The molecule has 0 aromatic rings. The van der Waals surface area contributed by atoms with Gasteiger partial charge in [-0.1, -0.05) is 20.8 Å². The third kappa shape index (κ3) is 4.36. The third-order valence-corrected chi connectivity index (χ3v) is 9.86. The Morgan fingerprint density at radius 3 is 1.88 bits per heavy atom. The molecule has 2 unspecified atom stereocenters. The Morgan fingerprint density at radius 2 is 1.50 bits per heavy atom. The number of esters is 2. The number of carbonyl (C=O) groups excluding carboxylic acids is 2. The monoisotopic (exact) mass is 388 g/mol. The average Bonchev–Trinajstić information content (AvgIpc) is 2.58. The second-order valence-corrected chi connectivity index (χ2v) is 12.6. The summed E-state index contributed by atoms with van der Waals surface area (Å²) in [6.45, 7) is 10.5. The van der Waals surface area contributed by atoms with E-state index in [0.717, 1.165) is 0 Å². The van der Waals surface area contributed by atoms with Gasteiger partial charge in [-0.25, -0.2) is 9.59 Å². The molecule has 0 aliphatic heterocycles. The highest BCUT2D eigenvalue weighted by Crippen LogP contribution is 2.45. The Kier molecular flexibility index (Phi) is 7.20. The van der Waals surface area contributed by atoms with Crippen LogP contribution in [0.2, 0.25) is 18.1 Å². The third-order valence-electron chi connectivity index (χ3n) is 5.40. The molecule has 0 aromatic carbocycles. The molecule has 0 fully saturated rings. The van der Waals surface area contributed by atoms with Gasteiger partial charge >= 0.3 is 11.9 Å². The Morgan fingerprint density at radius 1 is 1.00 bits per heavy atom. The van der Waals surface area contributed by atoms with Gasteiger partial charge in [0.15, 0.2) is 14.1 Å². The first-order chi connectivity index (χ1) is 11.9. The maximum absolute atomic E-state index is 12.3. The van der Waals surface area contributed by atoms with Gasteiger partial charge in [-0.05, 0) is 18.1 Å². The van der Waals surface area contributed by atoms with E-state index in [9.17, 15) is 9.59 Å². The van der Waals surface area contributed by atoms with Crippen molar-refractivity contribution in [2.45, 2.75) is 63.6 Å². The fraction of sp³-hybridized carbons (Fsp3) is 0.778. The van der Waals surface area contributed by atoms with Crippen LogP contribution in [0.25, 0.3) is 0 Å². The van der Waals surface area contributed by atoms with E-state index in [1.165, 1.54) is 28.4 Å². The number of rotatable bonds is 6. The summed E-state index contributed by atoms with van der Waals surface area (Å²) in [4.78, 5) is 24.5. The molecule has 8 heteroatoms. The van der Waals surface area contributed by atoms with E-state index < -0.39 is 32.1 Å². The molecule has 0 radical (unpaired) electrons. The second-order valence-electron chi connectivity index (χ2n) is 7.92. The molecular formula is C18H32O7Si. The largest absolute Gasteiger partial charge is 0.466 e. The summed E-state index contributed by atoms with van der Waals surface area (Å²) in [5.74, 6) is -2.36. The minimum atomic E-state index is -2.27. The number of hydrogen-bond acceptors (Lipinski definition) is 7. The summed E-state index contributed by atoms with van der Waals surface area (Å²) in [6.07, 6.45) is -0.383. The van der Waals surface area contributed by atoms with Crippen LogP contribution in [0.3, 0.4) is 0 Å². The van der Waals surface area contributed by atoms with Crippen LogP contribution >= 0.6 is 0 Å². The first kappa shape index (κ1) is 22.8. The lowest BCUT2D eigenvalue weighted by atomic mass is 9.84. The van der Waals surface area contributed by atoms with Gasteiger partial charge in [0, 0.05) is 27.1 Å². The molecule has 0 saturated carbocycles. The maximum Gasteiger partial charge on any atom is 0.334 e. The van der Waals surface area contributed by atoms with Crippen molar-refractivity contribution in [1.29, 1.82) is 0 Å². The van der Waals surface area contributed by atoms with Gasteiger partial charge < -0.3 is 23.4 Å². The summed E-state index contributed by atoms with van der Waals surface area (Å²) in [5.41, 5.74) is 0.436. The van der Waals surface area contributed by atoms with E-state index >= 15 is 0 Å². The first-order valence-corrected chi connectivity index (χ1v) is 11.5. The van der Waals surface area contributed by atoms with Crippen molar-refractivity contribution in [3.8, 4) is 0 Å². The highest BCUT2D eigenvalue weighted by Gasteiger charge is 2.53. The van der Waals surface area contributed by atoms with Gasteiger partial charge in [0.25, 0.3) is 0 Å². The Balaban J connectivity index is 3.47. The zero-order chi connectivity index (χ0) is 20.3. The number of ether oxygens (including phenoxy) is 4. The van der Waals surface area contributed by atoms with E-state index in [2.05, 4.69) is 33.9 Å². The van der Waals surface area contributed by atoms with Crippen LogP contribution in [0.1, 0.15) is 33.6 Å². The van der Waals surface area contributed by atoms with Crippen LogP contribution in [0.5, 0.6) is 0 Å². The summed E-state index contributed by atoms with van der Waals surface area (Å²) in [5, 5.41) is -0.0748. The summed E-state index contributed by atoms with van der Waals surface area (Å²) in [6, 6.07) is 0. The lowest BCUT2D eigenvalue weighted by Gasteiger charge is -2.49. The molecule has 0 amide bonds. The van der Waals surface area contributed by atoms with Gasteiger partial charge in [-0.2, -0.15) is 0 Å². The average molecular weight is 389 g/mol. The Labute approximate surface area is 157 Å². The lowest BCUT2D eigenvalue weighted by Crippen LogP contribution is -2.59. The van der Waals surface area contributed by atoms with E-state index in [1.54, 1.807) is 0 Å². The number of carbonyl (C=O) groups is 2. The van der Waals surface area contributed by atoms with Gasteiger partial charge in [0.1, 0.15) is 6.10 Å². The molecule has 26 heavy (non-hydrogen) atoms. The second kappa shape index (κ2) is 8.20. The predicted octanol–water partition coefficient (Wildman–Crippen LogP) is 2.80. The highest BCUT2D eigenvalue weighted by atomic mass is 28.4. The van der Waals surface area contributed by atoms with Crippen LogP contribution in [0.15, 0.2) is 11.1 Å². The quantitative estimate of drug-likeness (QED) is 0.393. The molecule has 0 heterocycles. The summed E-state index contributed by atoms with van der Waals surface area (Å²) >= 11 is 0. The molecule has 0 saturated heterocycles. The van der Waals surface area contributed by atoms with Crippen LogP contribution in [-0.4, -0.2) is 60.6 Å². The van der Waals surface area contributed by atoms with Gasteiger partial charge in [0.05, 0.1) is 25.4 Å². The van der Waals surface area contributed by atoms with Crippen molar-refractivity contribution >= 4 is 20.3 Å². The molecule has 150 valence electrons. The fourth-order valence-corrected chi connectivity index (χ4v) is 4.23. The number of hydrogen-bond donors (Lipinski definition) is 0. The summed E-state index contributed by atoms with van der Waals surface area (Å²) in [7, 11) is 3.33. The molecule has 2 atom stereocenters. The molecule has 0 bridgehead atoms.